The molecule has 0 amide bonds. The molecule has 1 heterocycles. The summed E-state index contributed by atoms with van der Waals surface area (Å²) >= 11 is 0. The first-order valence-corrected chi connectivity index (χ1v) is 5.13. The third-order valence-corrected chi connectivity index (χ3v) is 2.58. The maximum Gasteiger partial charge on any atom is 0.123 e. The molecule has 0 spiro atoms. The predicted octanol–water partition coefficient (Wildman–Crippen LogP) is 2.78. The molecule has 0 fully saturated rings. The van der Waals surface area contributed by atoms with E-state index >= 15 is 0 Å². The van der Waals surface area contributed by atoms with Gasteiger partial charge in [-0.3, -0.25) is 0 Å². The number of rotatable bonds is 2. The molecule has 0 radical (unpaired) electrons. The number of benzene rings is 1. The monoisotopic (exact) mass is 206 g/mol. The van der Waals surface area contributed by atoms with Gasteiger partial charge in [-0.25, -0.2) is 4.39 Å². The van der Waals surface area contributed by atoms with Gasteiger partial charge in [-0.05, 0) is 38.1 Å². The number of nitrogens with zero attached hydrogens (tertiary/aromatic N) is 2. The molecule has 0 bridgehead atoms. The van der Waals surface area contributed by atoms with Gasteiger partial charge >= 0.3 is 0 Å². The fourth-order valence-corrected chi connectivity index (χ4v) is 1.57. The van der Waals surface area contributed by atoms with E-state index in [1.807, 2.05) is 6.20 Å². The summed E-state index contributed by atoms with van der Waals surface area (Å²) < 4.78 is 12.7. The molecule has 80 valence electrons. The molecule has 1 aromatic carbocycles. The Morgan fingerprint density at radius 2 is 1.80 bits per heavy atom. The zero-order valence-corrected chi connectivity index (χ0v) is 9.02. The van der Waals surface area contributed by atoms with Gasteiger partial charge < -0.3 is 9.80 Å². The Bertz CT molecular complexity index is 356. The standard InChI is InChI=1S/C12H15FN2/c1-10(2)14-7-8-15(9-14)12-5-3-11(13)4-6-12/h3-8,10H,9H2,1-2H3. The van der Waals surface area contributed by atoms with Gasteiger partial charge in [-0.2, -0.15) is 0 Å². The lowest BCUT2D eigenvalue weighted by molar-refractivity contribution is 0.336. The maximum atomic E-state index is 12.7. The molecular formula is C12H15FN2. The highest BCUT2D eigenvalue weighted by Crippen LogP contribution is 2.20. The van der Waals surface area contributed by atoms with E-state index in [1.54, 1.807) is 12.1 Å². The van der Waals surface area contributed by atoms with Crippen molar-refractivity contribution in [3.05, 3.63) is 42.5 Å². The lowest BCUT2D eigenvalue weighted by Crippen LogP contribution is -2.30. The predicted molar refractivity (Wildman–Crippen MR) is 59.9 cm³/mol. The Balaban J connectivity index is 2.09. The third kappa shape index (κ3) is 2.12. The molecule has 0 saturated carbocycles. The second kappa shape index (κ2) is 3.93. The van der Waals surface area contributed by atoms with Crippen LogP contribution in [0, 0.1) is 5.82 Å². The van der Waals surface area contributed by atoms with E-state index in [-0.39, 0.29) is 5.82 Å². The van der Waals surface area contributed by atoms with Gasteiger partial charge in [0.05, 0.1) is 6.67 Å². The highest BCUT2D eigenvalue weighted by molar-refractivity contribution is 5.50. The molecule has 2 nitrogen and oxygen atoms in total. The fraction of sp³-hybridized carbons (Fsp3) is 0.333. The quantitative estimate of drug-likeness (QED) is 0.734. The van der Waals surface area contributed by atoms with Gasteiger partial charge in [0.2, 0.25) is 0 Å². The molecule has 1 aromatic rings. The Labute approximate surface area is 89.6 Å². The van der Waals surface area contributed by atoms with E-state index in [0.717, 1.165) is 12.4 Å². The van der Waals surface area contributed by atoms with Gasteiger partial charge in [0.25, 0.3) is 0 Å². The molecule has 3 heteroatoms. The molecule has 15 heavy (non-hydrogen) atoms. The van der Waals surface area contributed by atoms with E-state index < -0.39 is 0 Å². The summed E-state index contributed by atoms with van der Waals surface area (Å²) in [7, 11) is 0. The average molecular weight is 206 g/mol. The molecule has 1 aliphatic heterocycles. The lowest BCUT2D eigenvalue weighted by Gasteiger charge is -2.24. The molecule has 1 aliphatic rings. The van der Waals surface area contributed by atoms with Crippen LogP contribution in [0.5, 0.6) is 0 Å². The van der Waals surface area contributed by atoms with Crippen molar-refractivity contribution in [3.63, 3.8) is 0 Å². The Hall–Kier alpha value is -1.51. The number of halogens is 1. The van der Waals surface area contributed by atoms with Crippen molar-refractivity contribution in [1.82, 2.24) is 4.90 Å². The van der Waals surface area contributed by atoms with Gasteiger partial charge in [-0.1, -0.05) is 0 Å². The van der Waals surface area contributed by atoms with Crippen LogP contribution >= 0.6 is 0 Å². The Kier molecular flexibility index (Phi) is 2.62. The van der Waals surface area contributed by atoms with Crippen LogP contribution in [0.4, 0.5) is 10.1 Å². The highest BCUT2D eigenvalue weighted by atomic mass is 19.1. The second-order valence-electron chi connectivity index (χ2n) is 3.99. The molecule has 0 aromatic heterocycles. The second-order valence-corrected chi connectivity index (χ2v) is 3.99. The first-order chi connectivity index (χ1) is 7.16. The van der Waals surface area contributed by atoms with Crippen LogP contribution in [-0.4, -0.2) is 17.6 Å². The zero-order valence-electron chi connectivity index (χ0n) is 9.02. The summed E-state index contributed by atoms with van der Waals surface area (Å²) in [6.07, 6.45) is 4.08. The molecule has 2 rings (SSSR count). The van der Waals surface area contributed by atoms with E-state index in [0.29, 0.717) is 6.04 Å². The normalized spacial score (nSPS) is 15.5. The lowest BCUT2D eigenvalue weighted by atomic mass is 10.3. The van der Waals surface area contributed by atoms with Crippen molar-refractivity contribution >= 4 is 5.69 Å². The van der Waals surface area contributed by atoms with Crippen LogP contribution in [-0.2, 0) is 0 Å². The number of hydrogen-bond donors (Lipinski definition) is 0. The van der Waals surface area contributed by atoms with Crippen LogP contribution in [0.25, 0.3) is 0 Å². The first-order valence-electron chi connectivity index (χ1n) is 5.13. The topological polar surface area (TPSA) is 6.48 Å². The molecule has 0 aliphatic carbocycles. The van der Waals surface area contributed by atoms with Crippen molar-refractivity contribution in [3.8, 4) is 0 Å². The summed E-state index contributed by atoms with van der Waals surface area (Å²) in [5.74, 6) is -0.192. The molecule has 0 unspecified atom stereocenters. The van der Waals surface area contributed by atoms with Gasteiger partial charge in [-0.15, -0.1) is 0 Å². The minimum atomic E-state index is -0.192. The summed E-state index contributed by atoms with van der Waals surface area (Å²) in [6, 6.07) is 7.06. The molecular weight excluding hydrogens is 191 g/mol. The van der Waals surface area contributed by atoms with Gasteiger partial charge in [0.1, 0.15) is 5.82 Å². The first kappa shape index (κ1) is 10.0. The van der Waals surface area contributed by atoms with E-state index in [1.165, 1.54) is 12.1 Å². The largest absolute Gasteiger partial charge is 0.356 e. The van der Waals surface area contributed by atoms with E-state index in [4.69, 9.17) is 0 Å². The van der Waals surface area contributed by atoms with Crippen molar-refractivity contribution in [2.45, 2.75) is 19.9 Å². The van der Waals surface area contributed by atoms with Crippen molar-refractivity contribution < 1.29 is 4.39 Å². The molecule has 0 atom stereocenters. The summed E-state index contributed by atoms with van der Waals surface area (Å²) in [4.78, 5) is 4.32. The van der Waals surface area contributed by atoms with Crippen LogP contribution in [0.1, 0.15) is 13.8 Å². The minimum absolute atomic E-state index is 0.192. The van der Waals surface area contributed by atoms with Crippen LogP contribution in [0.3, 0.4) is 0 Å². The van der Waals surface area contributed by atoms with Crippen LogP contribution < -0.4 is 4.90 Å². The Morgan fingerprint density at radius 1 is 1.13 bits per heavy atom. The minimum Gasteiger partial charge on any atom is -0.356 e. The van der Waals surface area contributed by atoms with Crippen molar-refractivity contribution in [2.24, 2.45) is 0 Å². The number of hydrogen-bond acceptors (Lipinski definition) is 2. The maximum absolute atomic E-state index is 12.7. The summed E-state index contributed by atoms with van der Waals surface area (Å²) in [5, 5.41) is 0. The smallest absolute Gasteiger partial charge is 0.123 e. The molecule has 0 N–H and O–H groups in total. The van der Waals surface area contributed by atoms with Gasteiger partial charge in [0.15, 0.2) is 0 Å². The Morgan fingerprint density at radius 3 is 2.33 bits per heavy atom. The molecule has 0 saturated heterocycles. The third-order valence-electron chi connectivity index (χ3n) is 2.58. The number of anilines is 1. The highest BCUT2D eigenvalue weighted by Gasteiger charge is 2.15. The fourth-order valence-electron chi connectivity index (χ4n) is 1.57. The van der Waals surface area contributed by atoms with Crippen molar-refractivity contribution in [2.75, 3.05) is 11.6 Å². The van der Waals surface area contributed by atoms with Gasteiger partial charge in [0, 0.05) is 24.1 Å². The summed E-state index contributed by atoms with van der Waals surface area (Å²) in [5.41, 5.74) is 1.02. The van der Waals surface area contributed by atoms with Crippen molar-refractivity contribution in [1.29, 1.82) is 0 Å². The van der Waals surface area contributed by atoms with Crippen LogP contribution in [0.15, 0.2) is 36.7 Å². The summed E-state index contributed by atoms with van der Waals surface area (Å²) in [6.45, 7) is 5.14. The van der Waals surface area contributed by atoms with Crippen LogP contribution in [0.2, 0.25) is 0 Å². The van der Waals surface area contributed by atoms with E-state index in [2.05, 4.69) is 29.8 Å². The SMILES string of the molecule is CC(C)N1C=CN(c2ccc(F)cc2)C1. The zero-order chi connectivity index (χ0) is 10.8. The average Bonchev–Trinajstić information content (AvgIpc) is 2.68. The van der Waals surface area contributed by atoms with E-state index in [9.17, 15) is 4.39 Å².